The fourth-order valence-electron chi connectivity index (χ4n) is 1.98. The molecule has 1 atom stereocenters. The van der Waals surface area contributed by atoms with Crippen molar-refractivity contribution in [1.82, 2.24) is 9.62 Å². The molecule has 122 valence electrons. The van der Waals surface area contributed by atoms with Gasteiger partial charge in [-0.15, -0.1) is 11.3 Å². The molecule has 21 heavy (non-hydrogen) atoms. The Balaban J connectivity index is 2.93. The molecule has 0 aliphatic rings. The molecule has 4 nitrogen and oxygen atoms in total. The van der Waals surface area contributed by atoms with E-state index in [9.17, 15) is 8.42 Å². The van der Waals surface area contributed by atoms with Gasteiger partial charge in [0, 0.05) is 29.4 Å². The van der Waals surface area contributed by atoms with Gasteiger partial charge in [-0.3, -0.25) is 0 Å². The molecule has 0 aromatic carbocycles. The largest absolute Gasteiger partial charge is 0.312 e. The number of hydrogen-bond donors (Lipinski definition) is 1. The van der Waals surface area contributed by atoms with Gasteiger partial charge >= 0.3 is 0 Å². The van der Waals surface area contributed by atoms with E-state index >= 15 is 0 Å². The van der Waals surface area contributed by atoms with Crippen LogP contribution in [-0.4, -0.2) is 44.4 Å². The molecule has 0 spiro atoms. The highest BCUT2D eigenvalue weighted by atomic mass is 32.2. The summed E-state index contributed by atoms with van der Waals surface area (Å²) in [6.07, 6.45) is 2.90. The molecule has 1 aromatic heterocycles. The zero-order valence-electron chi connectivity index (χ0n) is 13.5. The molecule has 0 aliphatic carbocycles. The standard InChI is InChI=1S/C14H26N2O2S3/c1-6-15-10-13-9-14(12(3)20-13)21(17,18)16(4)11(2)7-8-19-5/h9,11,15H,6-8,10H2,1-5H3. The predicted octanol–water partition coefficient (Wildman–Crippen LogP) is 2.93. The van der Waals surface area contributed by atoms with Gasteiger partial charge in [-0.1, -0.05) is 6.92 Å². The Kier molecular flexibility index (Phi) is 7.70. The molecule has 0 bridgehead atoms. The van der Waals surface area contributed by atoms with Crippen LogP contribution in [0.2, 0.25) is 0 Å². The Hall–Kier alpha value is -0.0800. The summed E-state index contributed by atoms with van der Waals surface area (Å²) in [6.45, 7) is 7.50. The maximum Gasteiger partial charge on any atom is 0.244 e. The Bertz CT molecular complexity index is 540. The number of aryl methyl sites for hydroxylation is 1. The first-order chi connectivity index (χ1) is 9.84. The van der Waals surface area contributed by atoms with Crippen LogP contribution in [0.1, 0.15) is 30.0 Å². The van der Waals surface area contributed by atoms with Crippen LogP contribution >= 0.6 is 23.1 Å². The number of thiophene rings is 1. The summed E-state index contributed by atoms with van der Waals surface area (Å²) in [5.41, 5.74) is 0. The molecule has 0 radical (unpaired) electrons. The van der Waals surface area contributed by atoms with Gasteiger partial charge in [-0.25, -0.2) is 8.42 Å². The Labute approximate surface area is 137 Å². The second kappa shape index (κ2) is 8.53. The van der Waals surface area contributed by atoms with Crippen LogP contribution in [0, 0.1) is 6.92 Å². The van der Waals surface area contributed by atoms with E-state index in [0.717, 1.165) is 35.0 Å². The van der Waals surface area contributed by atoms with E-state index in [0.29, 0.717) is 4.90 Å². The number of nitrogens with one attached hydrogen (secondary N) is 1. The van der Waals surface area contributed by atoms with Gasteiger partial charge in [0.05, 0.1) is 4.90 Å². The summed E-state index contributed by atoms with van der Waals surface area (Å²) < 4.78 is 27.0. The highest BCUT2D eigenvalue weighted by Gasteiger charge is 2.28. The molecule has 1 unspecified atom stereocenters. The van der Waals surface area contributed by atoms with Crippen LogP contribution in [0.25, 0.3) is 0 Å². The quantitative estimate of drug-likeness (QED) is 0.744. The van der Waals surface area contributed by atoms with Gasteiger partial charge in [0.2, 0.25) is 10.0 Å². The van der Waals surface area contributed by atoms with Crippen molar-refractivity contribution in [3.05, 3.63) is 15.8 Å². The molecule has 1 aromatic rings. The van der Waals surface area contributed by atoms with Gasteiger partial charge in [0.15, 0.2) is 0 Å². The van der Waals surface area contributed by atoms with Gasteiger partial charge in [0.25, 0.3) is 0 Å². The van der Waals surface area contributed by atoms with Crippen molar-refractivity contribution < 1.29 is 8.42 Å². The van der Waals surface area contributed by atoms with Gasteiger partial charge in [-0.05, 0) is 44.9 Å². The van der Waals surface area contributed by atoms with Crippen LogP contribution < -0.4 is 5.32 Å². The van der Waals surface area contributed by atoms with Crippen LogP contribution in [0.15, 0.2) is 11.0 Å². The molecule has 7 heteroatoms. The summed E-state index contributed by atoms with van der Waals surface area (Å²) in [6, 6.07) is 1.83. The number of rotatable bonds is 9. The Morgan fingerprint density at radius 2 is 2.14 bits per heavy atom. The molecular weight excluding hydrogens is 324 g/mol. The maximum atomic E-state index is 12.8. The van der Waals surface area contributed by atoms with Crippen molar-refractivity contribution in [2.75, 3.05) is 25.6 Å². The topological polar surface area (TPSA) is 49.4 Å². The van der Waals surface area contributed by atoms with Crippen LogP contribution in [0.3, 0.4) is 0 Å². The molecule has 1 N–H and O–H groups in total. The van der Waals surface area contributed by atoms with E-state index in [1.54, 1.807) is 30.1 Å². The van der Waals surface area contributed by atoms with Crippen molar-refractivity contribution >= 4 is 33.1 Å². The number of hydrogen-bond acceptors (Lipinski definition) is 5. The van der Waals surface area contributed by atoms with Crippen molar-refractivity contribution in [1.29, 1.82) is 0 Å². The average Bonchev–Trinajstić information content (AvgIpc) is 2.83. The SMILES string of the molecule is CCNCc1cc(S(=O)(=O)N(C)C(C)CCSC)c(C)s1. The summed E-state index contributed by atoms with van der Waals surface area (Å²) in [5.74, 6) is 0.968. The fourth-order valence-corrected chi connectivity index (χ4v) is 5.52. The monoisotopic (exact) mass is 350 g/mol. The normalized spacial score (nSPS) is 13.8. The number of sulfonamides is 1. The summed E-state index contributed by atoms with van der Waals surface area (Å²) in [4.78, 5) is 2.39. The molecule has 0 saturated carbocycles. The maximum absolute atomic E-state index is 12.8. The highest BCUT2D eigenvalue weighted by Crippen LogP contribution is 2.29. The molecule has 0 saturated heterocycles. The van der Waals surface area contributed by atoms with E-state index in [1.165, 1.54) is 4.31 Å². The lowest BCUT2D eigenvalue weighted by molar-refractivity contribution is 0.382. The van der Waals surface area contributed by atoms with E-state index in [2.05, 4.69) is 5.32 Å². The van der Waals surface area contributed by atoms with Crippen molar-refractivity contribution in [2.24, 2.45) is 0 Å². The second-order valence-corrected chi connectivity index (χ2v) is 9.36. The summed E-state index contributed by atoms with van der Waals surface area (Å²) >= 11 is 3.30. The van der Waals surface area contributed by atoms with E-state index in [4.69, 9.17) is 0 Å². The molecule has 0 amide bonds. The Morgan fingerprint density at radius 3 is 2.71 bits per heavy atom. The van der Waals surface area contributed by atoms with Crippen LogP contribution in [0.5, 0.6) is 0 Å². The lowest BCUT2D eigenvalue weighted by Crippen LogP contribution is -2.35. The lowest BCUT2D eigenvalue weighted by atomic mass is 10.3. The first-order valence-electron chi connectivity index (χ1n) is 7.11. The van der Waals surface area contributed by atoms with Crippen molar-refractivity contribution in [3.8, 4) is 0 Å². The second-order valence-electron chi connectivity index (χ2n) is 5.07. The van der Waals surface area contributed by atoms with Gasteiger partial charge in [-0.2, -0.15) is 16.1 Å². The van der Waals surface area contributed by atoms with E-state index in [-0.39, 0.29) is 6.04 Å². The smallest absolute Gasteiger partial charge is 0.244 e. The van der Waals surface area contributed by atoms with E-state index in [1.807, 2.05) is 33.1 Å². The van der Waals surface area contributed by atoms with E-state index < -0.39 is 10.0 Å². The minimum absolute atomic E-state index is 0.0129. The van der Waals surface area contributed by atoms with Crippen molar-refractivity contribution in [2.45, 2.75) is 44.7 Å². The van der Waals surface area contributed by atoms with Crippen LogP contribution in [-0.2, 0) is 16.6 Å². The van der Waals surface area contributed by atoms with Gasteiger partial charge < -0.3 is 5.32 Å². The first-order valence-corrected chi connectivity index (χ1v) is 10.8. The van der Waals surface area contributed by atoms with Crippen molar-refractivity contribution in [3.63, 3.8) is 0 Å². The number of thioether (sulfide) groups is 1. The highest BCUT2D eigenvalue weighted by molar-refractivity contribution is 7.98. The summed E-state index contributed by atoms with van der Waals surface area (Å²) in [7, 11) is -1.71. The third kappa shape index (κ3) is 4.96. The molecule has 1 rings (SSSR count). The predicted molar refractivity (Wildman–Crippen MR) is 93.8 cm³/mol. The zero-order chi connectivity index (χ0) is 16.0. The lowest BCUT2D eigenvalue weighted by Gasteiger charge is -2.24. The Morgan fingerprint density at radius 1 is 1.48 bits per heavy atom. The minimum atomic E-state index is -3.40. The number of nitrogens with zero attached hydrogens (tertiary/aromatic N) is 1. The third-order valence-corrected chi connectivity index (χ3v) is 7.41. The average molecular weight is 351 g/mol. The first kappa shape index (κ1) is 19.0. The summed E-state index contributed by atoms with van der Waals surface area (Å²) in [5, 5.41) is 3.24. The van der Waals surface area contributed by atoms with Crippen LogP contribution in [0.4, 0.5) is 0 Å². The molecule has 0 fully saturated rings. The fraction of sp³-hybridized carbons (Fsp3) is 0.714. The van der Waals surface area contributed by atoms with Gasteiger partial charge in [0.1, 0.15) is 0 Å². The third-order valence-electron chi connectivity index (χ3n) is 3.49. The molecular formula is C14H26N2O2S3. The zero-order valence-corrected chi connectivity index (χ0v) is 15.9. The molecule has 1 heterocycles. The molecule has 0 aliphatic heterocycles. The minimum Gasteiger partial charge on any atom is -0.312 e.